The van der Waals surface area contributed by atoms with E-state index < -0.39 is 35.7 Å². The Balaban J connectivity index is 1.63. The number of rotatable bonds is 6. The van der Waals surface area contributed by atoms with E-state index in [9.17, 15) is 23.2 Å². The lowest BCUT2D eigenvalue weighted by Gasteiger charge is -2.34. The Morgan fingerprint density at radius 3 is 2.59 bits per heavy atom. The molecule has 7 nitrogen and oxygen atoms in total. The minimum Gasteiger partial charge on any atom is -0.347 e. The van der Waals surface area contributed by atoms with Crippen LogP contribution in [0.25, 0.3) is 0 Å². The predicted molar refractivity (Wildman–Crippen MR) is 92.6 cm³/mol. The van der Waals surface area contributed by atoms with Crippen molar-refractivity contribution in [1.29, 1.82) is 0 Å². The molecule has 0 unspecified atom stereocenters. The highest BCUT2D eigenvalue weighted by Gasteiger charge is 2.46. The molecule has 0 spiro atoms. The van der Waals surface area contributed by atoms with Crippen molar-refractivity contribution < 1.29 is 23.2 Å². The third-order valence-corrected chi connectivity index (χ3v) is 4.91. The van der Waals surface area contributed by atoms with E-state index in [1.807, 2.05) is 0 Å². The summed E-state index contributed by atoms with van der Waals surface area (Å²) in [5.74, 6) is -2.77. The van der Waals surface area contributed by atoms with Crippen molar-refractivity contribution in [1.82, 2.24) is 15.5 Å². The maximum atomic E-state index is 13.3. The zero-order valence-electron chi connectivity index (χ0n) is 14.7. The van der Waals surface area contributed by atoms with Crippen molar-refractivity contribution in [2.24, 2.45) is 5.73 Å². The molecule has 3 amide bonds. The summed E-state index contributed by atoms with van der Waals surface area (Å²) < 4.78 is 26.6. The number of hydrogen-bond donors (Lipinski definition) is 3. The Bertz CT molecular complexity index is 738. The molecule has 2 aliphatic heterocycles. The predicted octanol–water partition coefficient (Wildman–Crippen LogP) is 0.292. The number of carbonyl (C=O) groups is 3. The molecule has 0 saturated carbocycles. The van der Waals surface area contributed by atoms with Crippen LogP contribution in [-0.4, -0.2) is 53.8 Å². The van der Waals surface area contributed by atoms with E-state index in [0.717, 1.165) is 25.0 Å². The van der Waals surface area contributed by atoms with Crippen LogP contribution in [0.15, 0.2) is 18.2 Å². The van der Waals surface area contributed by atoms with Gasteiger partial charge in [-0.3, -0.25) is 14.4 Å². The van der Waals surface area contributed by atoms with Gasteiger partial charge in [0, 0.05) is 24.2 Å². The van der Waals surface area contributed by atoms with E-state index in [2.05, 4.69) is 10.6 Å². The van der Waals surface area contributed by atoms with Crippen molar-refractivity contribution in [3.05, 3.63) is 35.4 Å². The van der Waals surface area contributed by atoms with Crippen molar-refractivity contribution >= 4 is 17.7 Å². The molecule has 2 saturated heterocycles. The van der Waals surface area contributed by atoms with Crippen LogP contribution in [0, 0.1) is 11.6 Å². The second-order valence-corrected chi connectivity index (χ2v) is 6.92. The van der Waals surface area contributed by atoms with Gasteiger partial charge in [-0.2, -0.15) is 0 Å². The van der Waals surface area contributed by atoms with Gasteiger partial charge < -0.3 is 21.3 Å². The number of nitrogens with one attached hydrogen (secondary N) is 2. The minimum atomic E-state index is -0.848. The maximum absolute atomic E-state index is 13.3. The smallest absolute Gasteiger partial charge is 0.251 e. The topological polar surface area (TPSA) is 105 Å². The van der Waals surface area contributed by atoms with Crippen molar-refractivity contribution in [3.8, 4) is 0 Å². The monoisotopic (exact) mass is 380 g/mol. The van der Waals surface area contributed by atoms with Crippen LogP contribution in [0.4, 0.5) is 8.78 Å². The SMILES string of the molecule is NCCCC[C@@H]1NC(=O)[C@@H]2C[C@H](NC(=O)c3cc(F)cc(F)c3)CN2C1=O. The molecule has 146 valence electrons. The zero-order valence-corrected chi connectivity index (χ0v) is 14.7. The summed E-state index contributed by atoms with van der Waals surface area (Å²) in [6.45, 7) is 0.712. The Morgan fingerprint density at radius 2 is 1.93 bits per heavy atom. The summed E-state index contributed by atoms with van der Waals surface area (Å²) in [4.78, 5) is 38.6. The number of nitrogens with two attached hydrogens (primary N) is 1. The van der Waals surface area contributed by atoms with Crippen LogP contribution in [-0.2, 0) is 9.59 Å². The second kappa shape index (κ2) is 7.99. The van der Waals surface area contributed by atoms with Gasteiger partial charge in [-0.1, -0.05) is 0 Å². The van der Waals surface area contributed by atoms with Crippen molar-refractivity contribution in [2.75, 3.05) is 13.1 Å². The standard InChI is InChI=1S/C18H22F2N4O3/c19-11-5-10(6-12(20)7-11)16(25)22-13-8-15-17(26)23-14(3-1-2-4-21)18(27)24(15)9-13/h5-7,13-15H,1-4,8-9,21H2,(H,22,25)(H,23,26)/t13-,14-,15-/m0/s1. The first-order valence-corrected chi connectivity index (χ1v) is 8.97. The second-order valence-electron chi connectivity index (χ2n) is 6.92. The van der Waals surface area contributed by atoms with E-state index in [0.29, 0.717) is 19.0 Å². The molecule has 0 bridgehead atoms. The summed E-state index contributed by atoms with van der Waals surface area (Å²) >= 11 is 0. The molecule has 2 aliphatic rings. The van der Waals surface area contributed by atoms with Crippen molar-refractivity contribution in [3.63, 3.8) is 0 Å². The molecule has 1 aromatic carbocycles. The third kappa shape index (κ3) is 4.24. The molecule has 4 N–H and O–H groups in total. The number of carbonyl (C=O) groups excluding carboxylic acids is 3. The number of benzene rings is 1. The zero-order chi connectivity index (χ0) is 19.6. The average molecular weight is 380 g/mol. The van der Waals surface area contributed by atoms with Crippen LogP contribution in [0.5, 0.6) is 0 Å². The van der Waals surface area contributed by atoms with Crippen LogP contribution in [0.1, 0.15) is 36.0 Å². The van der Waals surface area contributed by atoms with Gasteiger partial charge in [0.25, 0.3) is 5.91 Å². The van der Waals surface area contributed by atoms with Gasteiger partial charge in [0.15, 0.2) is 0 Å². The fourth-order valence-corrected chi connectivity index (χ4v) is 3.60. The highest BCUT2D eigenvalue weighted by atomic mass is 19.1. The number of hydrogen-bond acceptors (Lipinski definition) is 4. The lowest BCUT2D eigenvalue weighted by molar-refractivity contribution is -0.147. The molecule has 0 aromatic heterocycles. The molecule has 3 rings (SSSR count). The summed E-state index contributed by atoms with van der Waals surface area (Å²) in [5.41, 5.74) is 5.31. The van der Waals surface area contributed by atoms with Crippen molar-refractivity contribution in [2.45, 2.75) is 43.8 Å². The lowest BCUT2D eigenvalue weighted by Crippen LogP contribution is -2.61. The summed E-state index contributed by atoms with van der Waals surface area (Å²) in [6, 6.07) is 0.870. The molecule has 0 radical (unpaired) electrons. The minimum absolute atomic E-state index is 0.146. The highest BCUT2D eigenvalue weighted by Crippen LogP contribution is 2.24. The quantitative estimate of drug-likeness (QED) is 0.617. The number of unbranched alkanes of at least 4 members (excludes halogenated alkanes) is 1. The fraction of sp³-hybridized carbons (Fsp3) is 0.500. The number of piperazine rings is 1. The van der Waals surface area contributed by atoms with Gasteiger partial charge in [-0.05, 0) is 44.4 Å². The van der Waals surface area contributed by atoms with Gasteiger partial charge in [0.2, 0.25) is 11.8 Å². The van der Waals surface area contributed by atoms with E-state index >= 15 is 0 Å². The third-order valence-electron chi connectivity index (χ3n) is 4.91. The molecule has 27 heavy (non-hydrogen) atoms. The molecule has 3 atom stereocenters. The first-order chi connectivity index (χ1) is 12.9. The summed E-state index contributed by atoms with van der Waals surface area (Å²) in [7, 11) is 0. The maximum Gasteiger partial charge on any atom is 0.251 e. The van der Waals surface area contributed by atoms with Crippen LogP contribution in [0.3, 0.4) is 0 Å². The van der Waals surface area contributed by atoms with E-state index in [-0.39, 0.29) is 30.3 Å². The molecule has 9 heteroatoms. The Labute approximate surface area is 155 Å². The molecule has 2 heterocycles. The Hall–Kier alpha value is -2.55. The van der Waals surface area contributed by atoms with E-state index in [4.69, 9.17) is 5.73 Å². The van der Waals surface area contributed by atoms with Crippen LogP contribution < -0.4 is 16.4 Å². The Kier molecular flexibility index (Phi) is 5.69. The van der Waals surface area contributed by atoms with Crippen LogP contribution in [0.2, 0.25) is 0 Å². The summed E-state index contributed by atoms with van der Waals surface area (Å²) in [6.07, 6.45) is 2.28. The molecular weight excluding hydrogens is 358 g/mol. The average Bonchev–Trinajstić information content (AvgIpc) is 3.03. The first-order valence-electron chi connectivity index (χ1n) is 8.97. The molecule has 2 fully saturated rings. The lowest BCUT2D eigenvalue weighted by atomic mass is 10.0. The summed E-state index contributed by atoms with van der Waals surface area (Å²) in [5, 5.41) is 5.39. The van der Waals surface area contributed by atoms with Gasteiger partial charge >= 0.3 is 0 Å². The molecular formula is C18H22F2N4O3. The van der Waals surface area contributed by atoms with Crippen LogP contribution >= 0.6 is 0 Å². The van der Waals surface area contributed by atoms with Gasteiger partial charge in [-0.15, -0.1) is 0 Å². The normalized spacial score (nSPS) is 24.6. The first kappa shape index (κ1) is 19.2. The largest absolute Gasteiger partial charge is 0.347 e. The highest BCUT2D eigenvalue weighted by molar-refractivity contribution is 5.98. The number of halogens is 2. The van der Waals surface area contributed by atoms with E-state index in [1.54, 1.807) is 0 Å². The van der Waals surface area contributed by atoms with Gasteiger partial charge in [0.05, 0.1) is 0 Å². The molecule has 1 aromatic rings. The number of nitrogens with zero attached hydrogens (tertiary/aromatic N) is 1. The molecule has 0 aliphatic carbocycles. The number of amides is 3. The Morgan fingerprint density at radius 1 is 1.22 bits per heavy atom. The van der Waals surface area contributed by atoms with Gasteiger partial charge in [-0.25, -0.2) is 8.78 Å². The van der Waals surface area contributed by atoms with Gasteiger partial charge in [0.1, 0.15) is 23.7 Å². The number of fused-ring (bicyclic) bond motifs is 1. The fourth-order valence-electron chi connectivity index (χ4n) is 3.60. The van der Waals surface area contributed by atoms with E-state index in [1.165, 1.54) is 4.90 Å².